The number of pyridine rings is 1. The van der Waals surface area contributed by atoms with Crippen LogP contribution in [0.2, 0.25) is 0 Å². The van der Waals surface area contributed by atoms with Crippen molar-refractivity contribution in [2.75, 3.05) is 5.32 Å². The highest BCUT2D eigenvalue weighted by molar-refractivity contribution is 6.04. The molecule has 3 rings (SSSR count). The van der Waals surface area contributed by atoms with Crippen molar-refractivity contribution >= 4 is 17.2 Å². The molecule has 0 spiro atoms. The van der Waals surface area contributed by atoms with Crippen LogP contribution < -0.4 is 10.1 Å². The molecular weight excluding hydrogens is 323 g/mol. The molecule has 0 aliphatic carbocycles. The summed E-state index contributed by atoms with van der Waals surface area (Å²) in [5.41, 5.74) is 1.62. The molecule has 1 N–H and O–H groups in total. The Balaban J connectivity index is 1.87. The second-order valence-electron chi connectivity index (χ2n) is 5.00. The van der Waals surface area contributed by atoms with E-state index >= 15 is 0 Å². The molecule has 1 aromatic carbocycles. The summed E-state index contributed by atoms with van der Waals surface area (Å²) in [6.45, 7) is 1.69. The van der Waals surface area contributed by atoms with Gasteiger partial charge in [-0.15, -0.1) is 13.2 Å². The minimum atomic E-state index is -4.79. The number of aryl methyl sites for hydroxylation is 1. The van der Waals surface area contributed by atoms with Crippen molar-refractivity contribution in [3.63, 3.8) is 0 Å². The Kier molecular flexibility index (Phi) is 3.88. The molecule has 0 saturated carbocycles. The molecule has 0 radical (unpaired) electrons. The maximum Gasteiger partial charge on any atom is 0.573 e. The minimum Gasteiger partial charge on any atom is -0.406 e. The van der Waals surface area contributed by atoms with Crippen LogP contribution in [0.15, 0.2) is 48.7 Å². The van der Waals surface area contributed by atoms with Gasteiger partial charge in [0.1, 0.15) is 17.1 Å². The van der Waals surface area contributed by atoms with Crippen molar-refractivity contribution in [3.8, 4) is 5.75 Å². The number of hydrogen-bond acceptors (Lipinski definition) is 3. The lowest BCUT2D eigenvalue weighted by Crippen LogP contribution is -2.18. The van der Waals surface area contributed by atoms with Crippen LogP contribution in [-0.4, -0.2) is 21.7 Å². The van der Waals surface area contributed by atoms with Crippen molar-refractivity contribution in [2.45, 2.75) is 13.3 Å². The lowest BCUT2D eigenvalue weighted by atomic mass is 10.2. The first kappa shape index (κ1) is 15.9. The third-order valence-corrected chi connectivity index (χ3v) is 3.24. The fourth-order valence-electron chi connectivity index (χ4n) is 2.35. The topological polar surface area (TPSA) is 55.6 Å². The van der Waals surface area contributed by atoms with Gasteiger partial charge in [-0.25, -0.2) is 4.98 Å². The van der Waals surface area contributed by atoms with Crippen molar-refractivity contribution in [1.82, 2.24) is 9.38 Å². The summed E-state index contributed by atoms with van der Waals surface area (Å²) in [6, 6.07) is 10.4. The zero-order valence-electron chi connectivity index (χ0n) is 12.5. The van der Waals surface area contributed by atoms with Crippen molar-refractivity contribution in [2.24, 2.45) is 0 Å². The molecular formula is C16H12F3N3O2. The molecule has 0 aliphatic rings. The van der Waals surface area contributed by atoms with Gasteiger partial charge in [-0.1, -0.05) is 12.1 Å². The van der Waals surface area contributed by atoms with Crippen molar-refractivity contribution < 1.29 is 22.7 Å². The smallest absolute Gasteiger partial charge is 0.406 e. The van der Waals surface area contributed by atoms with E-state index in [0.29, 0.717) is 17.0 Å². The molecule has 2 heterocycles. The summed E-state index contributed by atoms with van der Waals surface area (Å²) in [5, 5.41) is 2.56. The van der Waals surface area contributed by atoms with Crippen molar-refractivity contribution in [1.29, 1.82) is 0 Å². The third kappa shape index (κ3) is 3.32. The van der Waals surface area contributed by atoms with E-state index in [1.54, 1.807) is 35.7 Å². The Morgan fingerprint density at radius 3 is 2.75 bits per heavy atom. The summed E-state index contributed by atoms with van der Waals surface area (Å²) < 4.78 is 42.2. The molecule has 3 aromatic rings. The van der Waals surface area contributed by atoms with E-state index in [-0.39, 0.29) is 5.69 Å². The molecule has 5 nitrogen and oxygen atoms in total. The number of ether oxygens (including phenoxy) is 1. The molecule has 124 valence electrons. The van der Waals surface area contributed by atoms with Crippen LogP contribution >= 0.6 is 0 Å². The number of carbonyl (C=O) groups excluding carboxylic acids is 1. The largest absolute Gasteiger partial charge is 0.573 e. The monoisotopic (exact) mass is 335 g/mol. The lowest BCUT2D eigenvalue weighted by Gasteiger charge is -2.11. The number of benzene rings is 1. The number of halogens is 3. The molecule has 0 atom stereocenters. The van der Waals surface area contributed by atoms with Crippen LogP contribution in [0.5, 0.6) is 5.75 Å². The fraction of sp³-hybridized carbons (Fsp3) is 0.125. The number of hydrogen-bond donors (Lipinski definition) is 1. The lowest BCUT2D eigenvalue weighted by molar-refractivity contribution is -0.274. The normalized spacial score (nSPS) is 11.5. The standard InChI is InChI=1S/C16H12F3N3O2/c1-10-14(22-8-3-2-7-13(22)20-10)15(23)21-11-5-4-6-12(9-11)24-16(17,18)19/h2-9H,1H3,(H,21,23). The minimum absolute atomic E-state index is 0.187. The summed E-state index contributed by atoms with van der Waals surface area (Å²) in [5.74, 6) is -0.884. The van der Waals surface area contributed by atoms with E-state index in [4.69, 9.17) is 0 Å². The summed E-state index contributed by atoms with van der Waals surface area (Å²) in [4.78, 5) is 16.7. The SMILES string of the molecule is Cc1nc2ccccn2c1C(=O)Nc1cccc(OC(F)(F)F)c1. The number of rotatable bonds is 3. The first-order valence-corrected chi connectivity index (χ1v) is 6.94. The maximum atomic E-state index is 12.5. The molecule has 1 amide bonds. The average molecular weight is 335 g/mol. The molecule has 0 saturated heterocycles. The van der Waals surface area contributed by atoms with Crippen LogP contribution in [0.1, 0.15) is 16.2 Å². The summed E-state index contributed by atoms with van der Waals surface area (Å²) in [6.07, 6.45) is -3.10. The van der Waals surface area contributed by atoms with Crippen LogP contribution in [0.25, 0.3) is 5.65 Å². The number of nitrogens with zero attached hydrogens (tertiary/aromatic N) is 2. The van der Waals surface area contributed by atoms with E-state index in [0.717, 1.165) is 12.1 Å². The molecule has 0 unspecified atom stereocenters. The summed E-state index contributed by atoms with van der Waals surface area (Å²) in [7, 11) is 0. The molecule has 0 fully saturated rings. The average Bonchev–Trinajstić information content (AvgIpc) is 2.81. The Labute approximate surface area is 134 Å². The maximum absolute atomic E-state index is 12.5. The van der Waals surface area contributed by atoms with Gasteiger partial charge in [0.2, 0.25) is 0 Å². The van der Waals surface area contributed by atoms with Crippen LogP contribution in [0, 0.1) is 6.92 Å². The van der Waals surface area contributed by atoms with Gasteiger partial charge in [0.25, 0.3) is 5.91 Å². The van der Waals surface area contributed by atoms with Gasteiger partial charge in [-0.2, -0.15) is 0 Å². The number of aromatic nitrogens is 2. The van der Waals surface area contributed by atoms with Crippen LogP contribution in [-0.2, 0) is 0 Å². The van der Waals surface area contributed by atoms with Gasteiger partial charge in [0.05, 0.1) is 5.69 Å². The predicted molar refractivity (Wildman–Crippen MR) is 81.0 cm³/mol. The van der Waals surface area contributed by atoms with Crippen LogP contribution in [0.4, 0.5) is 18.9 Å². The van der Waals surface area contributed by atoms with Gasteiger partial charge >= 0.3 is 6.36 Å². The second kappa shape index (κ2) is 5.88. The number of alkyl halides is 3. The number of fused-ring (bicyclic) bond motifs is 1. The first-order valence-electron chi connectivity index (χ1n) is 6.94. The number of amides is 1. The Bertz CT molecular complexity index is 903. The zero-order valence-corrected chi connectivity index (χ0v) is 12.5. The molecule has 0 bridgehead atoms. The van der Waals surface area contributed by atoms with E-state index in [1.807, 2.05) is 0 Å². The van der Waals surface area contributed by atoms with Gasteiger partial charge in [0.15, 0.2) is 0 Å². The Hall–Kier alpha value is -3.03. The number of nitrogens with one attached hydrogen (secondary N) is 1. The second-order valence-corrected chi connectivity index (χ2v) is 5.00. The molecule has 2 aromatic heterocycles. The van der Waals surface area contributed by atoms with Gasteiger partial charge in [-0.05, 0) is 31.2 Å². The number of carbonyl (C=O) groups is 1. The van der Waals surface area contributed by atoms with E-state index in [1.165, 1.54) is 12.1 Å². The summed E-state index contributed by atoms with van der Waals surface area (Å²) >= 11 is 0. The predicted octanol–water partition coefficient (Wildman–Crippen LogP) is 3.79. The highest BCUT2D eigenvalue weighted by Crippen LogP contribution is 2.25. The quantitative estimate of drug-likeness (QED) is 0.792. The van der Waals surface area contributed by atoms with E-state index in [9.17, 15) is 18.0 Å². The Morgan fingerprint density at radius 1 is 1.21 bits per heavy atom. The number of anilines is 1. The van der Waals surface area contributed by atoms with Crippen molar-refractivity contribution in [3.05, 3.63) is 60.0 Å². The third-order valence-electron chi connectivity index (χ3n) is 3.24. The molecule has 0 aliphatic heterocycles. The van der Waals surface area contributed by atoms with E-state index in [2.05, 4.69) is 15.0 Å². The van der Waals surface area contributed by atoms with E-state index < -0.39 is 18.0 Å². The fourth-order valence-corrected chi connectivity index (χ4v) is 2.35. The molecule has 8 heteroatoms. The highest BCUT2D eigenvalue weighted by Gasteiger charge is 2.31. The highest BCUT2D eigenvalue weighted by atomic mass is 19.4. The first-order chi connectivity index (χ1) is 11.3. The van der Waals surface area contributed by atoms with Crippen LogP contribution in [0.3, 0.4) is 0 Å². The Morgan fingerprint density at radius 2 is 2.00 bits per heavy atom. The van der Waals surface area contributed by atoms with Gasteiger partial charge < -0.3 is 10.1 Å². The zero-order chi connectivity index (χ0) is 17.3. The number of imidazole rings is 1. The van der Waals surface area contributed by atoms with Gasteiger partial charge in [0, 0.05) is 18.0 Å². The molecule has 24 heavy (non-hydrogen) atoms. The van der Waals surface area contributed by atoms with Gasteiger partial charge in [-0.3, -0.25) is 9.20 Å².